The van der Waals surface area contributed by atoms with Gasteiger partial charge in [-0.3, -0.25) is 0 Å². The van der Waals surface area contributed by atoms with E-state index < -0.39 is 5.60 Å². The Balaban J connectivity index is 2.40. The van der Waals surface area contributed by atoms with Crippen molar-refractivity contribution in [3.05, 3.63) is 33.9 Å². The minimum absolute atomic E-state index is 0.514. The number of rotatable bonds is 4. The predicted molar refractivity (Wildman–Crippen MR) is 80.9 cm³/mol. The summed E-state index contributed by atoms with van der Waals surface area (Å²) in [7, 11) is 0. The lowest BCUT2D eigenvalue weighted by Gasteiger charge is -2.21. The van der Waals surface area contributed by atoms with E-state index in [0.717, 1.165) is 22.3 Å². The number of nitrogens with one attached hydrogen (secondary N) is 1. The quantitative estimate of drug-likeness (QED) is 0.876. The number of hydrogen-bond acceptors (Lipinski definition) is 2. The molecule has 1 aromatic carbocycles. The summed E-state index contributed by atoms with van der Waals surface area (Å²) in [6, 6.07) is 5.52. The molecule has 1 aromatic heterocycles. The van der Waals surface area contributed by atoms with Crippen LogP contribution >= 0.6 is 35.0 Å². The first-order valence-corrected chi connectivity index (χ1v) is 7.63. The Labute approximate surface area is 121 Å². The molecular weight excluding hydrogens is 289 g/mol. The van der Waals surface area contributed by atoms with Crippen LogP contribution in [0.4, 0.5) is 0 Å². The number of fused-ring (bicyclic) bond motifs is 1. The Hall–Kier alpha value is -0.350. The second-order valence-electron chi connectivity index (χ2n) is 4.45. The summed E-state index contributed by atoms with van der Waals surface area (Å²) in [6.45, 7) is 3.88. The average molecular weight is 304 g/mol. The van der Waals surface area contributed by atoms with Crippen molar-refractivity contribution in [1.29, 1.82) is 0 Å². The molecule has 0 radical (unpaired) electrons. The van der Waals surface area contributed by atoms with Gasteiger partial charge in [0, 0.05) is 22.3 Å². The zero-order valence-electron chi connectivity index (χ0n) is 10.3. The van der Waals surface area contributed by atoms with Gasteiger partial charge in [-0.2, -0.15) is 11.8 Å². The topological polar surface area (TPSA) is 36.0 Å². The van der Waals surface area contributed by atoms with E-state index in [1.54, 1.807) is 17.8 Å². The fourth-order valence-corrected chi connectivity index (χ4v) is 2.89. The number of hydrogen-bond donors (Lipinski definition) is 2. The third-order valence-electron chi connectivity index (χ3n) is 2.83. The Morgan fingerprint density at radius 3 is 2.61 bits per heavy atom. The van der Waals surface area contributed by atoms with Crippen LogP contribution in [0, 0.1) is 0 Å². The van der Waals surface area contributed by atoms with Crippen LogP contribution in [0.2, 0.25) is 10.0 Å². The lowest BCUT2D eigenvalue weighted by molar-refractivity contribution is 0.0800. The molecule has 2 aromatic rings. The van der Waals surface area contributed by atoms with Gasteiger partial charge in [-0.05, 0) is 30.9 Å². The van der Waals surface area contributed by atoms with Crippen LogP contribution in [0.1, 0.15) is 19.5 Å². The number of benzene rings is 1. The lowest BCUT2D eigenvalue weighted by Crippen LogP contribution is -2.24. The second kappa shape index (κ2) is 5.33. The van der Waals surface area contributed by atoms with Crippen LogP contribution in [-0.4, -0.2) is 21.6 Å². The summed E-state index contributed by atoms with van der Waals surface area (Å²) >= 11 is 13.7. The van der Waals surface area contributed by atoms with E-state index in [0.29, 0.717) is 15.8 Å². The maximum absolute atomic E-state index is 10.4. The molecule has 0 bridgehead atoms. The van der Waals surface area contributed by atoms with Crippen molar-refractivity contribution < 1.29 is 5.11 Å². The normalized spacial score (nSPS) is 14.9. The molecule has 18 heavy (non-hydrogen) atoms. The largest absolute Gasteiger partial charge is 0.383 e. The number of aliphatic hydroxyl groups is 1. The first-order valence-electron chi connectivity index (χ1n) is 5.72. The fourth-order valence-electron chi connectivity index (χ4n) is 1.80. The maximum atomic E-state index is 10.4. The van der Waals surface area contributed by atoms with Gasteiger partial charge < -0.3 is 10.1 Å². The van der Waals surface area contributed by atoms with Crippen LogP contribution in [0.5, 0.6) is 0 Å². The van der Waals surface area contributed by atoms with Crippen LogP contribution in [0.25, 0.3) is 10.9 Å². The number of aromatic amines is 1. The van der Waals surface area contributed by atoms with Gasteiger partial charge in [0.2, 0.25) is 0 Å². The monoisotopic (exact) mass is 303 g/mol. The molecular formula is C13H15Cl2NOS. The molecule has 98 valence electrons. The van der Waals surface area contributed by atoms with Gasteiger partial charge in [0.15, 0.2) is 0 Å². The Kier molecular flexibility index (Phi) is 4.17. The van der Waals surface area contributed by atoms with Crippen molar-refractivity contribution >= 4 is 45.9 Å². The second-order valence-corrected chi connectivity index (χ2v) is 6.54. The average Bonchev–Trinajstić information content (AvgIpc) is 2.71. The van der Waals surface area contributed by atoms with Gasteiger partial charge in [0.25, 0.3) is 0 Å². The molecule has 2 nitrogen and oxygen atoms in total. The molecule has 2 N–H and O–H groups in total. The Morgan fingerprint density at radius 2 is 1.94 bits per heavy atom. The highest BCUT2D eigenvalue weighted by atomic mass is 35.5. The molecule has 5 heteroatoms. The molecule has 0 unspecified atom stereocenters. The summed E-state index contributed by atoms with van der Waals surface area (Å²) in [4.78, 5) is 3.21. The Morgan fingerprint density at radius 1 is 1.28 bits per heavy atom. The van der Waals surface area contributed by atoms with E-state index in [4.69, 9.17) is 23.2 Å². The predicted octanol–water partition coefficient (Wildman–Crippen LogP) is 4.44. The molecule has 1 atom stereocenters. The van der Waals surface area contributed by atoms with Gasteiger partial charge in [-0.25, -0.2) is 0 Å². The van der Waals surface area contributed by atoms with Gasteiger partial charge in [0.1, 0.15) is 5.60 Å². The molecule has 1 heterocycles. The van der Waals surface area contributed by atoms with E-state index in [2.05, 4.69) is 11.9 Å². The number of thioether (sulfide) groups is 1. The Bertz CT molecular complexity index is 526. The summed E-state index contributed by atoms with van der Waals surface area (Å²) < 4.78 is 0. The highest BCUT2D eigenvalue weighted by Gasteiger charge is 2.25. The van der Waals surface area contributed by atoms with Crippen molar-refractivity contribution in [1.82, 2.24) is 4.98 Å². The lowest BCUT2D eigenvalue weighted by atomic mass is 10.1. The molecule has 0 saturated heterocycles. The van der Waals surface area contributed by atoms with E-state index >= 15 is 0 Å². The number of H-pyrrole nitrogens is 1. The molecule has 0 aliphatic heterocycles. The minimum atomic E-state index is -0.876. The van der Waals surface area contributed by atoms with Gasteiger partial charge >= 0.3 is 0 Å². The van der Waals surface area contributed by atoms with Gasteiger partial charge in [-0.1, -0.05) is 30.1 Å². The van der Waals surface area contributed by atoms with E-state index in [1.165, 1.54) is 0 Å². The molecule has 0 saturated carbocycles. The maximum Gasteiger partial charge on any atom is 0.110 e. The molecule has 0 amide bonds. The standard InChI is InChI=1S/C13H15Cl2NOS/c1-3-18-7-13(2,17)12-5-8-4-9(14)10(15)6-11(8)16-12/h4-6,16-17H,3,7H2,1-2H3/t13-/m0/s1. The van der Waals surface area contributed by atoms with Crippen LogP contribution in [-0.2, 0) is 5.60 Å². The van der Waals surface area contributed by atoms with E-state index in [1.807, 2.05) is 19.1 Å². The number of aromatic nitrogens is 1. The van der Waals surface area contributed by atoms with E-state index in [9.17, 15) is 5.11 Å². The third-order valence-corrected chi connectivity index (χ3v) is 4.73. The zero-order chi connectivity index (χ0) is 13.3. The molecule has 0 spiro atoms. The van der Waals surface area contributed by atoms with Crippen molar-refractivity contribution in [2.75, 3.05) is 11.5 Å². The summed E-state index contributed by atoms with van der Waals surface area (Å²) in [6.07, 6.45) is 0. The molecule has 2 rings (SSSR count). The zero-order valence-corrected chi connectivity index (χ0v) is 12.6. The highest BCUT2D eigenvalue weighted by Crippen LogP contribution is 2.32. The number of halogens is 2. The van der Waals surface area contributed by atoms with Crippen LogP contribution in [0.15, 0.2) is 18.2 Å². The SMILES string of the molecule is CCSC[C@](C)(O)c1cc2cc(Cl)c(Cl)cc2[nH]1. The van der Waals surface area contributed by atoms with Crippen LogP contribution < -0.4 is 0 Å². The molecule has 0 aliphatic carbocycles. The van der Waals surface area contributed by atoms with Crippen molar-refractivity contribution in [3.8, 4) is 0 Å². The minimum Gasteiger partial charge on any atom is -0.383 e. The van der Waals surface area contributed by atoms with Crippen LogP contribution in [0.3, 0.4) is 0 Å². The molecule has 0 fully saturated rings. The first kappa shape index (κ1) is 14.1. The fraction of sp³-hybridized carbons (Fsp3) is 0.385. The molecule has 0 aliphatic rings. The third kappa shape index (κ3) is 2.80. The van der Waals surface area contributed by atoms with E-state index in [-0.39, 0.29) is 0 Å². The van der Waals surface area contributed by atoms with Crippen molar-refractivity contribution in [2.24, 2.45) is 0 Å². The summed E-state index contributed by atoms with van der Waals surface area (Å²) in [5, 5.41) is 12.4. The van der Waals surface area contributed by atoms with Gasteiger partial charge in [0.05, 0.1) is 10.0 Å². The van der Waals surface area contributed by atoms with Gasteiger partial charge in [-0.15, -0.1) is 0 Å². The summed E-state index contributed by atoms with van der Waals surface area (Å²) in [5.41, 5.74) is 0.802. The van der Waals surface area contributed by atoms with Crippen molar-refractivity contribution in [2.45, 2.75) is 19.4 Å². The summed E-state index contributed by atoms with van der Waals surface area (Å²) in [5.74, 6) is 1.63. The smallest absolute Gasteiger partial charge is 0.110 e. The van der Waals surface area contributed by atoms with Crippen molar-refractivity contribution in [3.63, 3.8) is 0 Å². The highest BCUT2D eigenvalue weighted by molar-refractivity contribution is 7.99. The first-order chi connectivity index (χ1) is 8.44.